The molecular weight excluding hydrogens is 264 g/mol. The standard InChI is InChI=1S/C13H15ClN4O/c14-12-10(8-15)4-5-16-13(12)17-9-11(19)18-6-2-1-3-7-18/h4-5H,1-3,6-7,9H2,(H,16,17). The first kappa shape index (κ1) is 13.6. The van der Waals surface area contributed by atoms with Crippen molar-refractivity contribution < 1.29 is 4.79 Å². The number of piperidine rings is 1. The Labute approximate surface area is 117 Å². The monoisotopic (exact) mass is 278 g/mol. The lowest BCUT2D eigenvalue weighted by molar-refractivity contribution is -0.130. The van der Waals surface area contributed by atoms with Crippen LogP contribution in [0.25, 0.3) is 0 Å². The minimum atomic E-state index is 0.0416. The first-order chi connectivity index (χ1) is 9.22. The van der Waals surface area contributed by atoms with Crippen molar-refractivity contribution in [1.29, 1.82) is 5.26 Å². The second-order valence-corrected chi connectivity index (χ2v) is 4.81. The Hall–Kier alpha value is -1.80. The summed E-state index contributed by atoms with van der Waals surface area (Å²) in [6.07, 6.45) is 4.82. The van der Waals surface area contributed by atoms with Crippen LogP contribution < -0.4 is 5.32 Å². The average molecular weight is 279 g/mol. The molecule has 100 valence electrons. The van der Waals surface area contributed by atoms with E-state index in [0.717, 1.165) is 25.9 Å². The van der Waals surface area contributed by atoms with Gasteiger partial charge >= 0.3 is 0 Å². The van der Waals surface area contributed by atoms with Gasteiger partial charge in [-0.15, -0.1) is 0 Å². The maximum Gasteiger partial charge on any atom is 0.241 e. The van der Waals surface area contributed by atoms with Crippen molar-refractivity contribution in [2.45, 2.75) is 19.3 Å². The van der Waals surface area contributed by atoms with Crippen LogP contribution in [0.15, 0.2) is 12.3 Å². The third-order valence-electron chi connectivity index (χ3n) is 3.13. The molecule has 1 fully saturated rings. The van der Waals surface area contributed by atoms with Gasteiger partial charge in [0.1, 0.15) is 16.9 Å². The Morgan fingerprint density at radius 1 is 1.47 bits per heavy atom. The van der Waals surface area contributed by atoms with E-state index >= 15 is 0 Å². The minimum absolute atomic E-state index is 0.0416. The quantitative estimate of drug-likeness (QED) is 0.918. The van der Waals surface area contributed by atoms with Gasteiger partial charge in [0.05, 0.1) is 12.1 Å². The van der Waals surface area contributed by atoms with E-state index in [1.54, 1.807) is 6.07 Å². The van der Waals surface area contributed by atoms with E-state index in [-0.39, 0.29) is 17.5 Å². The zero-order valence-electron chi connectivity index (χ0n) is 10.5. The van der Waals surface area contributed by atoms with Gasteiger partial charge in [0.2, 0.25) is 5.91 Å². The lowest BCUT2D eigenvalue weighted by Gasteiger charge is -2.26. The number of anilines is 1. The van der Waals surface area contributed by atoms with Gasteiger partial charge in [-0.1, -0.05) is 11.6 Å². The second-order valence-electron chi connectivity index (χ2n) is 4.43. The first-order valence-corrected chi connectivity index (χ1v) is 6.66. The highest BCUT2D eigenvalue weighted by Gasteiger charge is 2.16. The Kier molecular flexibility index (Phi) is 4.58. The molecule has 6 heteroatoms. The largest absolute Gasteiger partial charge is 0.360 e. The number of hydrogen-bond donors (Lipinski definition) is 1. The molecule has 1 aliphatic heterocycles. The molecule has 0 atom stereocenters. The predicted molar refractivity (Wildman–Crippen MR) is 72.9 cm³/mol. The Balaban J connectivity index is 1.95. The van der Waals surface area contributed by atoms with E-state index in [1.807, 2.05) is 11.0 Å². The molecule has 0 spiro atoms. The lowest BCUT2D eigenvalue weighted by Crippen LogP contribution is -2.39. The zero-order valence-corrected chi connectivity index (χ0v) is 11.3. The summed E-state index contributed by atoms with van der Waals surface area (Å²) in [7, 11) is 0. The Morgan fingerprint density at radius 3 is 2.89 bits per heavy atom. The summed E-state index contributed by atoms with van der Waals surface area (Å²) >= 11 is 6.01. The van der Waals surface area contributed by atoms with Crippen LogP contribution in [0.2, 0.25) is 5.02 Å². The van der Waals surface area contributed by atoms with Crippen LogP contribution in [0.3, 0.4) is 0 Å². The molecule has 0 bridgehead atoms. The fraction of sp³-hybridized carbons (Fsp3) is 0.462. The van der Waals surface area contributed by atoms with E-state index in [9.17, 15) is 4.79 Å². The maximum absolute atomic E-state index is 12.0. The average Bonchev–Trinajstić information content (AvgIpc) is 2.47. The topological polar surface area (TPSA) is 69.0 Å². The number of amides is 1. The molecule has 0 radical (unpaired) electrons. The number of halogens is 1. The molecule has 0 aromatic carbocycles. The van der Waals surface area contributed by atoms with Gasteiger partial charge in [0.15, 0.2) is 0 Å². The minimum Gasteiger partial charge on any atom is -0.360 e. The highest BCUT2D eigenvalue weighted by atomic mass is 35.5. The SMILES string of the molecule is N#Cc1ccnc(NCC(=O)N2CCCCC2)c1Cl. The molecule has 5 nitrogen and oxygen atoms in total. The fourth-order valence-corrected chi connectivity index (χ4v) is 2.29. The number of nitrogens with one attached hydrogen (secondary N) is 1. The van der Waals surface area contributed by atoms with Gasteiger partial charge < -0.3 is 10.2 Å². The summed E-state index contributed by atoms with van der Waals surface area (Å²) < 4.78 is 0. The predicted octanol–water partition coefficient (Wildman–Crippen LogP) is 2.03. The third-order valence-corrected chi connectivity index (χ3v) is 3.51. The van der Waals surface area contributed by atoms with Gasteiger partial charge in [-0.3, -0.25) is 4.79 Å². The van der Waals surface area contributed by atoms with Crippen molar-refractivity contribution in [3.8, 4) is 6.07 Å². The molecule has 2 rings (SSSR count). The summed E-state index contributed by atoms with van der Waals surface area (Å²) in [6, 6.07) is 3.52. The smallest absolute Gasteiger partial charge is 0.241 e. The van der Waals surface area contributed by atoms with Crippen LogP contribution in [-0.4, -0.2) is 35.4 Å². The summed E-state index contributed by atoms with van der Waals surface area (Å²) in [5, 5.41) is 12.0. The number of carbonyl (C=O) groups is 1. The highest BCUT2D eigenvalue weighted by molar-refractivity contribution is 6.34. The number of hydrogen-bond acceptors (Lipinski definition) is 4. The normalized spacial score (nSPS) is 14.8. The van der Waals surface area contributed by atoms with Crippen molar-refractivity contribution in [2.75, 3.05) is 25.0 Å². The number of nitriles is 1. The van der Waals surface area contributed by atoms with Gasteiger partial charge in [0, 0.05) is 19.3 Å². The van der Waals surface area contributed by atoms with Gasteiger partial charge in [0.25, 0.3) is 0 Å². The highest BCUT2D eigenvalue weighted by Crippen LogP contribution is 2.22. The van der Waals surface area contributed by atoms with Crippen molar-refractivity contribution in [3.63, 3.8) is 0 Å². The molecule has 19 heavy (non-hydrogen) atoms. The number of likely N-dealkylation sites (tertiary alicyclic amines) is 1. The second kappa shape index (κ2) is 6.39. The lowest BCUT2D eigenvalue weighted by atomic mass is 10.1. The summed E-state index contributed by atoms with van der Waals surface area (Å²) in [5.41, 5.74) is 0.351. The molecule has 0 saturated carbocycles. The molecular formula is C13H15ClN4O. The van der Waals surface area contributed by atoms with Crippen LogP contribution in [0.1, 0.15) is 24.8 Å². The molecule has 1 N–H and O–H groups in total. The summed E-state index contributed by atoms with van der Waals surface area (Å²) in [5.74, 6) is 0.422. The maximum atomic E-state index is 12.0. The van der Waals surface area contributed by atoms with Gasteiger partial charge in [-0.25, -0.2) is 4.98 Å². The summed E-state index contributed by atoms with van der Waals surface area (Å²) in [4.78, 5) is 17.8. The van der Waals surface area contributed by atoms with E-state index < -0.39 is 0 Å². The van der Waals surface area contributed by atoms with Crippen LogP contribution >= 0.6 is 11.6 Å². The molecule has 0 unspecified atom stereocenters. The molecule has 1 aromatic heterocycles. The molecule has 1 aliphatic rings. The number of aromatic nitrogens is 1. The molecule has 1 saturated heterocycles. The molecule has 1 amide bonds. The molecule has 0 aliphatic carbocycles. The van der Waals surface area contributed by atoms with Crippen LogP contribution in [-0.2, 0) is 4.79 Å². The zero-order chi connectivity index (χ0) is 13.7. The number of nitrogens with zero attached hydrogens (tertiary/aromatic N) is 3. The van der Waals surface area contributed by atoms with Crippen LogP contribution in [0.5, 0.6) is 0 Å². The van der Waals surface area contributed by atoms with Crippen molar-refractivity contribution in [3.05, 3.63) is 22.8 Å². The fourth-order valence-electron chi connectivity index (χ4n) is 2.07. The van der Waals surface area contributed by atoms with E-state index in [0.29, 0.717) is 11.4 Å². The van der Waals surface area contributed by atoms with Gasteiger partial charge in [-0.05, 0) is 25.3 Å². The number of carbonyl (C=O) groups excluding carboxylic acids is 1. The summed E-state index contributed by atoms with van der Waals surface area (Å²) in [6.45, 7) is 1.79. The Bertz CT molecular complexity index is 506. The Morgan fingerprint density at radius 2 is 2.21 bits per heavy atom. The van der Waals surface area contributed by atoms with E-state index in [2.05, 4.69) is 10.3 Å². The number of pyridine rings is 1. The van der Waals surface area contributed by atoms with Crippen molar-refractivity contribution >= 4 is 23.3 Å². The molecule has 2 heterocycles. The number of rotatable bonds is 3. The third kappa shape index (κ3) is 3.36. The van der Waals surface area contributed by atoms with Crippen molar-refractivity contribution in [2.24, 2.45) is 0 Å². The molecule has 1 aromatic rings. The van der Waals surface area contributed by atoms with Crippen molar-refractivity contribution in [1.82, 2.24) is 9.88 Å². The van der Waals surface area contributed by atoms with Crippen LogP contribution in [0.4, 0.5) is 5.82 Å². The first-order valence-electron chi connectivity index (χ1n) is 6.28. The van der Waals surface area contributed by atoms with Gasteiger partial charge in [-0.2, -0.15) is 5.26 Å². The van der Waals surface area contributed by atoms with Crippen LogP contribution in [0, 0.1) is 11.3 Å². The van der Waals surface area contributed by atoms with E-state index in [4.69, 9.17) is 16.9 Å². The van der Waals surface area contributed by atoms with E-state index in [1.165, 1.54) is 12.6 Å².